The summed E-state index contributed by atoms with van der Waals surface area (Å²) >= 11 is 1.18. The minimum atomic E-state index is -0.740. The Kier molecular flexibility index (Phi) is 5.72. The Morgan fingerprint density at radius 3 is 2.27 bits per heavy atom. The van der Waals surface area contributed by atoms with Crippen molar-refractivity contribution in [3.05, 3.63) is 96.1 Å². The molecule has 7 heteroatoms. The Bertz CT molecular complexity index is 1180. The van der Waals surface area contributed by atoms with Gasteiger partial charge in [-0.3, -0.25) is 9.36 Å². The first-order valence-electron chi connectivity index (χ1n) is 9.27. The van der Waals surface area contributed by atoms with Crippen LogP contribution in [-0.4, -0.2) is 25.8 Å². The summed E-state index contributed by atoms with van der Waals surface area (Å²) in [5.74, 6) is -1.08. The lowest BCUT2D eigenvalue weighted by molar-refractivity contribution is 0.0994. The summed E-state index contributed by atoms with van der Waals surface area (Å²) in [6, 6.07) is 21.5. The zero-order valence-electron chi connectivity index (χ0n) is 16.0. The molecule has 4 aromatic rings. The normalized spacial score (nSPS) is 12.0. The van der Waals surface area contributed by atoms with Gasteiger partial charge in [0.2, 0.25) is 0 Å². The quantitative estimate of drug-likeness (QED) is 0.301. The van der Waals surface area contributed by atoms with Gasteiger partial charge in [-0.05, 0) is 19.1 Å². The summed E-state index contributed by atoms with van der Waals surface area (Å²) in [5.41, 5.74) is 1.42. The lowest BCUT2D eigenvalue weighted by Crippen LogP contribution is -2.14. The molecule has 0 aliphatic carbocycles. The molecule has 0 aliphatic rings. The number of Topliss-reactive ketones (excluding diaryl/α,β-unsaturated/α-hetero) is 1. The summed E-state index contributed by atoms with van der Waals surface area (Å²) in [5, 5.41) is 8.30. The molecule has 150 valence electrons. The molecule has 1 unspecified atom stereocenters. The first kappa shape index (κ1) is 20.0. The third-order valence-electron chi connectivity index (χ3n) is 4.53. The van der Waals surface area contributed by atoms with Gasteiger partial charge in [0.15, 0.2) is 16.8 Å². The molecule has 0 bridgehead atoms. The molecule has 0 N–H and O–H groups in total. The number of aromatic nitrogens is 3. The Morgan fingerprint density at radius 2 is 1.60 bits per heavy atom. The lowest BCUT2D eigenvalue weighted by Gasteiger charge is -2.14. The Balaban J connectivity index is 1.77. The van der Waals surface area contributed by atoms with E-state index in [0.717, 1.165) is 11.6 Å². The van der Waals surface area contributed by atoms with Gasteiger partial charge >= 0.3 is 0 Å². The van der Waals surface area contributed by atoms with Crippen molar-refractivity contribution < 1.29 is 13.6 Å². The smallest absolute Gasteiger partial charge is 0.196 e. The highest BCUT2D eigenvalue weighted by Gasteiger charge is 2.24. The van der Waals surface area contributed by atoms with Crippen molar-refractivity contribution in [1.82, 2.24) is 14.8 Å². The van der Waals surface area contributed by atoms with Crippen LogP contribution in [0.1, 0.15) is 17.3 Å². The largest absolute Gasteiger partial charge is 0.293 e. The fraction of sp³-hybridized carbons (Fsp3) is 0.0870. The molecule has 1 heterocycles. The van der Waals surface area contributed by atoms with E-state index >= 15 is 0 Å². The van der Waals surface area contributed by atoms with E-state index in [9.17, 15) is 13.6 Å². The fourth-order valence-electron chi connectivity index (χ4n) is 3.05. The molecular formula is C23H17F2N3OS. The highest BCUT2D eigenvalue weighted by Crippen LogP contribution is 2.32. The third-order valence-corrected chi connectivity index (χ3v) is 5.57. The summed E-state index contributed by atoms with van der Waals surface area (Å²) in [6.07, 6.45) is 0. The molecule has 1 aromatic heterocycles. The SMILES string of the molecule is CC(Sc1nnc(-c2ccccc2)n1-c1ccc(F)cc1F)C(=O)c1ccccc1. The van der Waals surface area contributed by atoms with E-state index in [0.29, 0.717) is 16.5 Å². The van der Waals surface area contributed by atoms with Crippen LogP contribution in [0.4, 0.5) is 8.78 Å². The van der Waals surface area contributed by atoms with Gasteiger partial charge in [-0.15, -0.1) is 10.2 Å². The number of nitrogens with zero attached hydrogens (tertiary/aromatic N) is 3. The molecule has 0 spiro atoms. The highest BCUT2D eigenvalue weighted by atomic mass is 32.2. The number of carbonyl (C=O) groups is 1. The fourth-order valence-corrected chi connectivity index (χ4v) is 3.99. The van der Waals surface area contributed by atoms with Crippen molar-refractivity contribution in [3.8, 4) is 17.1 Å². The van der Waals surface area contributed by atoms with Gasteiger partial charge in [-0.25, -0.2) is 8.78 Å². The summed E-state index contributed by atoms with van der Waals surface area (Å²) < 4.78 is 29.7. The van der Waals surface area contributed by atoms with Crippen LogP contribution >= 0.6 is 11.8 Å². The van der Waals surface area contributed by atoms with E-state index in [1.807, 2.05) is 36.4 Å². The summed E-state index contributed by atoms with van der Waals surface area (Å²) in [4.78, 5) is 12.8. The van der Waals surface area contributed by atoms with Crippen molar-refractivity contribution in [3.63, 3.8) is 0 Å². The maximum Gasteiger partial charge on any atom is 0.196 e. The maximum absolute atomic E-state index is 14.7. The van der Waals surface area contributed by atoms with E-state index in [4.69, 9.17) is 0 Å². The number of rotatable bonds is 6. The number of thioether (sulfide) groups is 1. The highest BCUT2D eigenvalue weighted by molar-refractivity contribution is 8.00. The zero-order chi connectivity index (χ0) is 21.1. The minimum absolute atomic E-state index is 0.0732. The second-order valence-electron chi connectivity index (χ2n) is 6.59. The summed E-state index contributed by atoms with van der Waals surface area (Å²) in [6.45, 7) is 1.77. The molecule has 0 aliphatic heterocycles. The predicted octanol–water partition coefficient (Wildman–Crippen LogP) is 5.58. The maximum atomic E-state index is 14.7. The number of ketones is 1. The van der Waals surface area contributed by atoms with E-state index < -0.39 is 16.9 Å². The number of hydrogen-bond donors (Lipinski definition) is 0. The Labute approximate surface area is 176 Å². The summed E-state index contributed by atoms with van der Waals surface area (Å²) in [7, 11) is 0. The Morgan fingerprint density at radius 1 is 0.933 bits per heavy atom. The van der Waals surface area contributed by atoms with Crippen molar-refractivity contribution in [2.24, 2.45) is 0 Å². The molecule has 0 amide bonds. The third kappa shape index (κ3) is 4.02. The molecule has 4 rings (SSSR count). The Hall–Kier alpha value is -3.32. The van der Waals surface area contributed by atoms with Crippen LogP contribution in [0.25, 0.3) is 17.1 Å². The van der Waals surface area contributed by atoms with Crippen molar-refractivity contribution >= 4 is 17.5 Å². The van der Waals surface area contributed by atoms with Crippen LogP contribution in [0, 0.1) is 11.6 Å². The number of carbonyl (C=O) groups excluding carboxylic acids is 1. The van der Waals surface area contributed by atoms with Crippen molar-refractivity contribution in [1.29, 1.82) is 0 Å². The number of halogens is 2. The van der Waals surface area contributed by atoms with E-state index in [-0.39, 0.29) is 11.5 Å². The first-order valence-corrected chi connectivity index (χ1v) is 10.1. The van der Waals surface area contributed by atoms with Crippen LogP contribution in [0.15, 0.2) is 84.0 Å². The van der Waals surface area contributed by atoms with Gasteiger partial charge in [0.05, 0.1) is 10.9 Å². The topological polar surface area (TPSA) is 47.8 Å². The molecular weight excluding hydrogens is 404 g/mol. The van der Waals surface area contributed by atoms with Crippen LogP contribution < -0.4 is 0 Å². The van der Waals surface area contributed by atoms with Gasteiger partial charge in [0.1, 0.15) is 11.6 Å². The van der Waals surface area contributed by atoms with Gasteiger partial charge < -0.3 is 0 Å². The van der Waals surface area contributed by atoms with Gasteiger partial charge in [-0.1, -0.05) is 72.4 Å². The second-order valence-corrected chi connectivity index (χ2v) is 7.90. The average Bonchev–Trinajstić information content (AvgIpc) is 3.17. The van der Waals surface area contributed by atoms with Gasteiger partial charge in [-0.2, -0.15) is 0 Å². The molecule has 3 aromatic carbocycles. The lowest BCUT2D eigenvalue weighted by atomic mass is 10.1. The van der Waals surface area contributed by atoms with Gasteiger partial charge in [0, 0.05) is 17.2 Å². The van der Waals surface area contributed by atoms with E-state index in [1.54, 1.807) is 31.2 Å². The molecule has 0 saturated heterocycles. The molecule has 0 saturated carbocycles. The van der Waals surface area contributed by atoms with E-state index in [1.165, 1.54) is 28.5 Å². The van der Waals surface area contributed by atoms with E-state index in [2.05, 4.69) is 10.2 Å². The molecule has 1 atom stereocenters. The van der Waals surface area contributed by atoms with Crippen LogP contribution in [0.5, 0.6) is 0 Å². The van der Waals surface area contributed by atoms with Crippen LogP contribution in [0.2, 0.25) is 0 Å². The predicted molar refractivity (Wildman–Crippen MR) is 113 cm³/mol. The van der Waals surface area contributed by atoms with Crippen LogP contribution in [-0.2, 0) is 0 Å². The molecule has 0 radical (unpaired) electrons. The second kappa shape index (κ2) is 8.59. The molecule has 30 heavy (non-hydrogen) atoms. The molecule has 0 fully saturated rings. The number of hydrogen-bond acceptors (Lipinski definition) is 4. The number of benzene rings is 3. The van der Waals surface area contributed by atoms with Crippen molar-refractivity contribution in [2.75, 3.05) is 0 Å². The van der Waals surface area contributed by atoms with Gasteiger partial charge in [0.25, 0.3) is 0 Å². The zero-order valence-corrected chi connectivity index (χ0v) is 16.8. The van der Waals surface area contributed by atoms with Crippen LogP contribution in [0.3, 0.4) is 0 Å². The first-order chi connectivity index (χ1) is 14.5. The minimum Gasteiger partial charge on any atom is -0.293 e. The monoisotopic (exact) mass is 421 g/mol. The van der Waals surface area contributed by atoms with Crippen molar-refractivity contribution in [2.45, 2.75) is 17.3 Å². The molecule has 4 nitrogen and oxygen atoms in total. The standard InChI is InChI=1S/C23H17F2N3OS/c1-15(21(29)16-8-4-2-5-9-16)30-23-27-26-22(17-10-6-3-7-11-17)28(23)20-13-12-18(24)14-19(20)25/h2-15H,1H3. The average molecular weight is 421 g/mol.